The van der Waals surface area contributed by atoms with E-state index >= 15 is 0 Å². The highest BCUT2D eigenvalue weighted by Gasteiger charge is 2.50. The topological polar surface area (TPSA) is 130 Å². The summed E-state index contributed by atoms with van der Waals surface area (Å²) in [6.07, 6.45) is 8.78. The lowest BCUT2D eigenvalue weighted by molar-refractivity contribution is -0.134. The van der Waals surface area contributed by atoms with E-state index in [1.54, 1.807) is 31.5 Å². The number of unbranched alkanes of at least 4 members (excludes halogenated alkanes) is 3. The van der Waals surface area contributed by atoms with Crippen LogP contribution in [0.5, 0.6) is 0 Å². The number of nitrogens with zero attached hydrogens (tertiary/aromatic N) is 1. The zero-order valence-electron chi connectivity index (χ0n) is 24.5. The highest BCUT2D eigenvalue weighted by Crippen LogP contribution is 2.29. The number of amides is 3. The molecule has 1 aromatic carbocycles. The Hall–Kier alpha value is -3.59. The lowest BCUT2D eigenvalue weighted by atomic mass is 9.94. The van der Waals surface area contributed by atoms with Crippen LogP contribution in [0.25, 0.3) is 0 Å². The van der Waals surface area contributed by atoms with Gasteiger partial charge in [0.2, 0.25) is 17.7 Å². The van der Waals surface area contributed by atoms with E-state index in [2.05, 4.69) is 27.9 Å². The first kappa shape index (κ1) is 31.9. The predicted octanol–water partition coefficient (Wildman–Crippen LogP) is 3.45. The second-order valence-corrected chi connectivity index (χ2v) is 11.0. The van der Waals surface area contributed by atoms with Gasteiger partial charge < -0.3 is 20.7 Å². The fraction of sp³-hybridized carbons (Fsp3) is 0.531. The van der Waals surface area contributed by atoms with Crippen molar-refractivity contribution in [2.75, 3.05) is 6.61 Å². The molecule has 1 saturated heterocycles. The molecule has 3 N–H and O–H groups in total. The van der Waals surface area contributed by atoms with Crippen LogP contribution in [-0.2, 0) is 36.8 Å². The molecule has 1 fully saturated rings. The van der Waals surface area contributed by atoms with Gasteiger partial charge in [0.1, 0.15) is 17.7 Å². The number of nitrogens with one attached hydrogen (secondary N) is 3. The van der Waals surface area contributed by atoms with Crippen LogP contribution in [0.3, 0.4) is 0 Å². The first-order valence-corrected chi connectivity index (χ1v) is 14.8. The zero-order chi connectivity index (χ0) is 29.7. The van der Waals surface area contributed by atoms with Gasteiger partial charge in [-0.15, -0.1) is 0 Å². The largest absolute Gasteiger partial charge is 0.361 e. The van der Waals surface area contributed by atoms with E-state index in [4.69, 9.17) is 4.74 Å². The van der Waals surface area contributed by atoms with Gasteiger partial charge in [-0.25, -0.2) is 0 Å². The molecule has 0 radical (unpaired) electrons. The van der Waals surface area contributed by atoms with E-state index in [1.807, 2.05) is 37.3 Å². The minimum Gasteiger partial charge on any atom is -0.361 e. The molecule has 3 rings (SSSR count). The van der Waals surface area contributed by atoms with Crippen LogP contribution in [-0.4, -0.2) is 58.8 Å². The van der Waals surface area contributed by atoms with Crippen molar-refractivity contribution in [1.82, 2.24) is 20.9 Å². The Morgan fingerprint density at radius 2 is 1.39 bits per heavy atom. The third-order valence-corrected chi connectivity index (χ3v) is 7.34. The molecule has 0 bridgehead atoms. The first-order valence-electron chi connectivity index (χ1n) is 14.8. The molecule has 2 aromatic rings. The lowest BCUT2D eigenvalue weighted by Gasteiger charge is -2.26. The zero-order valence-corrected chi connectivity index (χ0v) is 24.5. The number of epoxide rings is 1. The summed E-state index contributed by atoms with van der Waals surface area (Å²) >= 11 is 0. The van der Waals surface area contributed by atoms with Crippen LogP contribution in [0.2, 0.25) is 0 Å². The number of benzene rings is 1. The highest BCUT2D eigenvalue weighted by atomic mass is 16.6. The quantitative estimate of drug-likeness (QED) is 0.188. The van der Waals surface area contributed by atoms with Crippen molar-refractivity contribution in [2.45, 2.75) is 102 Å². The van der Waals surface area contributed by atoms with E-state index in [1.165, 1.54) is 0 Å². The molecule has 9 heteroatoms. The van der Waals surface area contributed by atoms with E-state index in [0.717, 1.165) is 36.8 Å². The number of carbonyl (C=O) groups is 4. The Morgan fingerprint density at radius 1 is 0.805 bits per heavy atom. The summed E-state index contributed by atoms with van der Waals surface area (Å²) in [5.41, 5.74) is 0.842. The molecule has 3 unspecified atom stereocenters. The Kier molecular flexibility index (Phi) is 12.5. The SMILES string of the molecule is CCCCCC(=O)NC(Cc1ccncc1)C(=O)NC(CCCC)C(=O)NC(Cc1ccccc1)C(=O)[C@@]1(C)CO1. The maximum Gasteiger partial charge on any atom is 0.243 e. The number of pyridine rings is 1. The van der Waals surface area contributed by atoms with E-state index in [-0.39, 0.29) is 18.1 Å². The monoisotopic (exact) mass is 564 g/mol. The van der Waals surface area contributed by atoms with E-state index < -0.39 is 35.5 Å². The summed E-state index contributed by atoms with van der Waals surface area (Å²) in [6.45, 7) is 6.11. The van der Waals surface area contributed by atoms with E-state index in [0.29, 0.717) is 32.3 Å². The summed E-state index contributed by atoms with van der Waals surface area (Å²) in [5.74, 6) is -1.26. The molecule has 41 heavy (non-hydrogen) atoms. The number of carbonyl (C=O) groups excluding carboxylic acids is 4. The van der Waals surface area contributed by atoms with Crippen LogP contribution in [0.15, 0.2) is 54.9 Å². The minimum absolute atomic E-state index is 0.190. The van der Waals surface area contributed by atoms with Gasteiger partial charge in [-0.1, -0.05) is 69.9 Å². The molecule has 0 aliphatic carbocycles. The van der Waals surface area contributed by atoms with Gasteiger partial charge in [-0.2, -0.15) is 0 Å². The van der Waals surface area contributed by atoms with Gasteiger partial charge in [0.25, 0.3) is 0 Å². The van der Waals surface area contributed by atoms with Gasteiger partial charge >= 0.3 is 0 Å². The number of hydrogen-bond acceptors (Lipinski definition) is 6. The third kappa shape index (κ3) is 10.4. The predicted molar refractivity (Wildman–Crippen MR) is 157 cm³/mol. The molecular formula is C32H44N4O5. The average Bonchev–Trinajstić information content (AvgIpc) is 3.73. The van der Waals surface area contributed by atoms with Crippen molar-refractivity contribution < 1.29 is 23.9 Å². The van der Waals surface area contributed by atoms with Gasteiger partial charge in [0, 0.05) is 25.2 Å². The molecule has 0 saturated carbocycles. The second-order valence-electron chi connectivity index (χ2n) is 11.0. The Balaban J connectivity index is 1.75. The normalized spacial score (nSPS) is 18.0. The fourth-order valence-corrected chi connectivity index (χ4v) is 4.67. The van der Waals surface area contributed by atoms with Crippen LogP contribution < -0.4 is 16.0 Å². The van der Waals surface area contributed by atoms with Crippen molar-refractivity contribution in [1.29, 1.82) is 0 Å². The second kappa shape index (κ2) is 16.0. The molecule has 4 atom stereocenters. The number of Topliss-reactive ketones (excluding diaryl/α,β-unsaturated/α-hetero) is 1. The highest BCUT2D eigenvalue weighted by molar-refractivity contribution is 5.98. The molecule has 1 aliphatic rings. The summed E-state index contributed by atoms with van der Waals surface area (Å²) in [4.78, 5) is 57.2. The van der Waals surface area contributed by atoms with Gasteiger partial charge in [0.15, 0.2) is 5.78 Å². The van der Waals surface area contributed by atoms with Crippen molar-refractivity contribution in [3.63, 3.8) is 0 Å². The average molecular weight is 565 g/mol. The minimum atomic E-state index is -0.910. The molecule has 2 heterocycles. The number of aromatic nitrogens is 1. The van der Waals surface area contributed by atoms with Crippen LogP contribution in [0, 0.1) is 0 Å². The van der Waals surface area contributed by atoms with Gasteiger partial charge in [-0.05, 0) is 49.4 Å². The van der Waals surface area contributed by atoms with Crippen molar-refractivity contribution in [2.24, 2.45) is 0 Å². The molecule has 1 aromatic heterocycles. The van der Waals surface area contributed by atoms with Crippen molar-refractivity contribution in [3.8, 4) is 0 Å². The lowest BCUT2D eigenvalue weighted by Crippen LogP contribution is -2.57. The Labute approximate surface area is 243 Å². The molecule has 222 valence electrons. The Morgan fingerprint density at radius 3 is 2.02 bits per heavy atom. The Bertz CT molecular complexity index is 1140. The summed E-state index contributed by atoms with van der Waals surface area (Å²) < 4.78 is 5.39. The van der Waals surface area contributed by atoms with Crippen molar-refractivity contribution >= 4 is 23.5 Å². The van der Waals surface area contributed by atoms with Crippen LogP contribution in [0.1, 0.15) is 76.8 Å². The number of ether oxygens (including phenoxy) is 1. The summed E-state index contributed by atoms with van der Waals surface area (Å²) in [7, 11) is 0. The molecular weight excluding hydrogens is 520 g/mol. The smallest absolute Gasteiger partial charge is 0.243 e. The van der Waals surface area contributed by atoms with Crippen LogP contribution in [0.4, 0.5) is 0 Å². The maximum atomic E-state index is 13.6. The fourth-order valence-electron chi connectivity index (χ4n) is 4.67. The van der Waals surface area contributed by atoms with E-state index in [9.17, 15) is 19.2 Å². The molecule has 1 aliphatic heterocycles. The molecule has 9 nitrogen and oxygen atoms in total. The first-order chi connectivity index (χ1) is 19.8. The van der Waals surface area contributed by atoms with Gasteiger partial charge in [0.05, 0.1) is 12.6 Å². The van der Waals surface area contributed by atoms with Gasteiger partial charge in [-0.3, -0.25) is 24.2 Å². The summed E-state index contributed by atoms with van der Waals surface area (Å²) in [6, 6.07) is 10.6. The third-order valence-electron chi connectivity index (χ3n) is 7.34. The maximum absolute atomic E-state index is 13.6. The standard InChI is InChI=1S/C32H44N4O5/c1-4-6-9-15-28(37)34-27(21-24-16-18-33-19-17-24)31(40)35-25(14-7-5-2)30(39)36-26(29(38)32(3)22-41-32)20-23-12-10-8-11-13-23/h8,10-13,16-19,25-27H,4-7,9,14-15,20-22H2,1-3H3,(H,34,37)(H,35,40)(H,36,39)/t25?,26?,27?,32-/m1/s1. The summed E-state index contributed by atoms with van der Waals surface area (Å²) in [5, 5.41) is 8.67. The van der Waals surface area contributed by atoms with Crippen molar-refractivity contribution in [3.05, 3.63) is 66.0 Å². The number of hydrogen-bond donors (Lipinski definition) is 3. The number of ketones is 1. The van der Waals surface area contributed by atoms with Crippen LogP contribution >= 0.6 is 0 Å². The number of rotatable bonds is 18. The molecule has 3 amide bonds. The molecule has 0 spiro atoms.